The van der Waals surface area contributed by atoms with Crippen LogP contribution >= 0.6 is 11.6 Å². The molecule has 8 heteroatoms. The second kappa shape index (κ2) is 6.57. The van der Waals surface area contributed by atoms with Crippen LogP contribution in [0.15, 0.2) is 52.6 Å². The van der Waals surface area contributed by atoms with Gasteiger partial charge < -0.3 is 5.11 Å². The summed E-state index contributed by atoms with van der Waals surface area (Å²) in [5.41, 5.74) is 4.22. The lowest BCUT2D eigenvalue weighted by molar-refractivity contribution is -0.137. The van der Waals surface area contributed by atoms with Crippen LogP contribution in [0.4, 0.5) is 5.95 Å². The molecular formula is C18H18ClN5O2. The highest BCUT2D eigenvalue weighted by Crippen LogP contribution is 2.39. The molecule has 1 atom stereocenters. The van der Waals surface area contributed by atoms with Crippen LogP contribution < -0.4 is 5.01 Å². The summed E-state index contributed by atoms with van der Waals surface area (Å²) in [5, 5.41) is 13.8. The molecule has 0 saturated heterocycles. The van der Waals surface area contributed by atoms with Gasteiger partial charge in [0.2, 0.25) is 5.95 Å². The molecule has 7 nitrogen and oxygen atoms in total. The number of carboxylic acids is 1. The van der Waals surface area contributed by atoms with Crippen LogP contribution in [0.3, 0.4) is 0 Å². The first-order valence-electron chi connectivity index (χ1n) is 8.42. The number of anilines is 1. The molecule has 1 aliphatic carbocycles. The molecule has 0 radical (unpaired) electrons. The van der Waals surface area contributed by atoms with Crippen LogP contribution in [-0.2, 0) is 4.79 Å². The number of carboxylic acid groups (broad SMARTS) is 1. The van der Waals surface area contributed by atoms with E-state index in [0.717, 1.165) is 29.0 Å². The van der Waals surface area contributed by atoms with E-state index in [-0.39, 0.29) is 12.3 Å². The Bertz CT molecular complexity index is 872. The van der Waals surface area contributed by atoms with Gasteiger partial charge in [0.05, 0.1) is 29.5 Å². The Morgan fingerprint density at radius 3 is 2.92 bits per heavy atom. The van der Waals surface area contributed by atoms with Crippen molar-refractivity contribution in [2.75, 3.05) is 18.6 Å². The van der Waals surface area contributed by atoms with Gasteiger partial charge in [-0.05, 0) is 35.6 Å². The zero-order chi connectivity index (χ0) is 18.3. The van der Waals surface area contributed by atoms with E-state index >= 15 is 0 Å². The van der Waals surface area contributed by atoms with E-state index < -0.39 is 5.97 Å². The van der Waals surface area contributed by atoms with Crippen LogP contribution in [0, 0.1) is 5.92 Å². The van der Waals surface area contributed by atoms with Crippen LogP contribution in [0.2, 0.25) is 5.02 Å². The minimum atomic E-state index is -0.774. The quantitative estimate of drug-likeness (QED) is 0.876. The number of aromatic nitrogens is 2. The second-order valence-electron chi connectivity index (χ2n) is 6.50. The molecule has 0 aromatic carbocycles. The van der Waals surface area contributed by atoms with E-state index in [4.69, 9.17) is 11.6 Å². The lowest BCUT2D eigenvalue weighted by Gasteiger charge is -2.43. The van der Waals surface area contributed by atoms with Gasteiger partial charge in [-0.3, -0.25) is 19.8 Å². The number of carbonyl (C=O) groups is 1. The van der Waals surface area contributed by atoms with Crippen LogP contribution in [-0.4, -0.2) is 45.4 Å². The summed E-state index contributed by atoms with van der Waals surface area (Å²) < 4.78 is 0. The van der Waals surface area contributed by atoms with E-state index in [0.29, 0.717) is 23.9 Å². The predicted molar refractivity (Wildman–Crippen MR) is 98.8 cm³/mol. The van der Waals surface area contributed by atoms with E-state index in [1.54, 1.807) is 18.6 Å². The molecule has 0 fully saturated rings. The monoisotopic (exact) mass is 371 g/mol. The highest BCUT2D eigenvalue weighted by molar-refractivity contribution is 6.30. The highest BCUT2D eigenvalue weighted by atomic mass is 35.5. The molecule has 26 heavy (non-hydrogen) atoms. The number of hydrogen-bond acceptors (Lipinski definition) is 6. The molecule has 0 saturated carbocycles. The van der Waals surface area contributed by atoms with Crippen molar-refractivity contribution in [3.05, 3.63) is 52.6 Å². The Labute approximate surface area is 156 Å². The third kappa shape index (κ3) is 2.99. The SMILES string of the molecule is CN(c1ncc(Cl)cn1)N1CCC(CC(=O)O)C2=C1CC1=NC=CC1=C2. The minimum absolute atomic E-state index is 0.00124. The summed E-state index contributed by atoms with van der Waals surface area (Å²) in [4.78, 5) is 24.3. The summed E-state index contributed by atoms with van der Waals surface area (Å²) in [6.45, 7) is 0.698. The fraction of sp³-hybridized carbons (Fsp3) is 0.333. The standard InChI is InChI=1S/C18H18ClN5O2/c1-23(18-21-9-13(19)10-22-18)24-5-3-11(7-17(25)26)14-6-12-2-4-20-15(12)8-16(14)24/h2,4,6,9-11H,3,5,7-8H2,1H3,(H,25,26). The van der Waals surface area contributed by atoms with Crippen LogP contribution in [0.1, 0.15) is 19.3 Å². The Kier molecular flexibility index (Phi) is 4.24. The van der Waals surface area contributed by atoms with Gasteiger partial charge in [-0.25, -0.2) is 9.97 Å². The lowest BCUT2D eigenvalue weighted by atomic mass is 9.81. The topological polar surface area (TPSA) is 81.9 Å². The lowest BCUT2D eigenvalue weighted by Crippen LogP contribution is -2.46. The van der Waals surface area contributed by atoms with Crippen molar-refractivity contribution in [2.45, 2.75) is 19.3 Å². The number of rotatable bonds is 4. The average Bonchev–Trinajstić information content (AvgIpc) is 3.07. The zero-order valence-corrected chi connectivity index (χ0v) is 15.0. The number of aliphatic carboxylic acids is 1. The van der Waals surface area contributed by atoms with Crippen molar-refractivity contribution < 1.29 is 9.90 Å². The maximum atomic E-state index is 11.3. The summed E-state index contributed by atoms with van der Waals surface area (Å²) in [5.74, 6) is -0.231. The summed E-state index contributed by atoms with van der Waals surface area (Å²) >= 11 is 5.89. The Morgan fingerprint density at radius 1 is 1.42 bits per heavy atom. The molecule has 134 valence electrons. The van der Waals surface area contributed by atoms with Gasteiger partial charge >= 0.3 is 5.97 Å². The number of hydrogen-bond donors (Lipinski definition) is 1. The van der Waals surface area contributed by atoms with Crippen LogP contribution in [0.5, 0.6) is 0 Å². The maximum Gasteiger partial charge on any atom is 0.303 e. The normalized spacial score (nSPS) is 21.2. The van der Waals surface area contributed by atoms with Gasteiger partial charge in [-0.1, -0.05) is 11.6 Å². The number of fused-ring (bicyclic) bond motifs is 1. The van der Waals surface area contributed by atoms with Crippen molar-refractivity contribution in [3.8, 4) is 0 Å². The zero-order valence-electron chi connectivity index (χ0n) is 14.3. The third-order valence-corrected chi connectivity index (χ3v) is 5.11. The van der Waals surface area contributed by atoms with E-state index in [1.807, 2.05) is 18.1 Å². The largest absolute Gasteiger partial charge is 0.481 e. The van der Waals surface area contributed by atoms with Crippen LogP contribution in [0.25, 0.3) is 0 Å². The van der Waals surface area contributed by atoms with Crippen molar-refractivity contribution in [1.29, 1.82) is 0 Å². The average molecular weight is 372 g/mol. The van der Waals surface area contributed by atoms with Crippen molar-refractivity contribution in [3.63, 3.8) is 0 Å². The van der Waals surface area contributed by atoms with E-state index in [9.17, 15) is 9.90 Å². The van der Waals surface area contributed by atoms with Gasteiger partial charge in [0, 0.05) is 31.9 Å². The maximum absolute atomic E-state index is 11.3. The highest BCUT2D eigenvalue weighted by Gasteiger charge is 2.34. The van der Waals surface area contributed by atoms with Gasteiger partial charge in [0.25, 0.3) is 0 Å². The number of aliphatic imine (C=N–C) groups is 1. The minimum Gasteiger partial charge on any atom is -0.481 e. The molecular weight excluding hydrogens is 354 g/mol. The molecule has 3 heterocycles. The number of nitrogens with zero attached hydrogens (tertiary/aromatic N) is 5. The van der Waals surface area contributed by atoms with Gasteiger partial charge in [0.1, 0.15) is 0 Å². The number of hydrazine groups is 1. The van der Waals surface area contributed by atoms with E-state index in [2.05, 4.69) is 26.0 Å². The number of allylic oxidation sites excluding steroid dienone is 5. The van der Waals surface area contributed by atoms with Gasteiger partial charge in [0.15, 0.2) is 0 Å². The summed E-state index contributed by atoms with van der Waals surface area (Å²) in [6, 6.07) is 0. The first kappa shape index (κ1) is 16.8. The first-order valence-corrected chi connectivity index (χ1v) is 8.79. The molecule has 1 unspecified atom stereocenters. The summed E-state index contributed by atoms with van der Waals surface area (Å²) in [7, 11) is 1.90. The van der Waals surface area contributed by atoms with Crippen molar-refractivity contribution in [2.24, 2.45) is 10.9 Å². The van der Waals surface area contributed by atoms with Gasteiger partial charge in [-0.2, -0.15) is 0 Å². The predicted octanol–water partition coefficient (Wildman–Crippen LogP) is 2.83. The number of halogens is 1. The molecule has 3 aliphatic rings. The summed E-state index contributed by atoms with van der Waals surface area (Å²) in [6.07, 6.45) is 10.5. The first-order chi connectivity index (χ1) is 12.5. The molecule has 0 bridgehead atoms. The molecule has 0 amide bonds. The second-order valence-corrected chi connectivity index (χ2v) is 6.94. The molecule has 1 aromatic rings. The molecule has 4 rings (SSSR count). The van der Waals surface area contributed by atoms with Crippen molar-refractivity contribution in [1.82, 2.24) is 15.0 Å². The van der Waals surface area contributed by atoms with Gasteiger partial charge in [-0.15, -0.1) is 0 Å². The third-order valence-electron chi connectivity index (χ3n) is 4.92. The molecule has 0 spiro atoms. The Morgan fingerprint density at radius 2 is 2.19 bits per heavy atom. The fourth-order valence-corrected chi connectivity index (χ4v) is 3.76. The Balaban J connectivity index is 1.71. The fourth-order valence-electron chi connectivity index (χ4n) is 3.67. The van der Waals surface area contributed by atoms with Crippen molar-refractivity contribution >= 4 is 29.2 Å². The Hall–Kier alpha value is -2.67. The molecule has 2 aliphatic heterocycles. The molecule has 1 N–H and O–H groups in total. The molecule has 1 aromatic heterocycles. The smallest absolute Gasteiger partial charge is 0.303 e. The van der Waals surface area contributed by atoms with E-state index in [1.165, 1.54) is 0 Å².